The highest BCUT2D eigenvalue weighted by atomic mass is 127. The Balaban J connectivity index is 0.00000420. The minimum atomic E-state index is -3.59. The summed E-state index contributed by atoms with van der Waals surface area (Å²) in [6.07, 6.45) is 2.82. The van der Waals surface area contributed by atoms with Crippen molar-refractivity contribution in [1.29, 1.82) is 0 Å². The lowest BCUT2D eigenvalue weighted by Gasteiger charge is -2.22. The van der Waals surface area contributed by atoms with E-state index in [1.165, 1.54) is 18.5 Å². The van der Waals surface area contributed by atoms with Gasteiger partial charge in [-0.15, -0.1) is 24.0 Å². The molecule has 1 heterocycles. The standard InChI is InChI=1S/C19H27N5O3S.HI/c1-3-21-18(23-15-19(2,25)16-8-5-4-6-9-16)22-12-13-24-28(26,27)17-10-7-11-20-14-17;/h4-11,14,24-25H,3,12-13,15H2,1-2H3,(H2,21,22,23);1H. The van der Waals surface area contributed by atoms with Crippen LogP contribution in [-0.2, 0) is 15.6 Å². The topological polar surface area (TPSA) is 116 Å². The van der Waals surface area contributed by atoms with E-state index in [1.807, 2.05) is 37.3 Å². The molecule has 4 N–H and O–H groups in total. The van der Waals surface area contributed by atoms with Crippen molar-refractivity contribution in [3.63, 3.8) is 0 Å². The summed E-state index contributed by atoms with van der Waals surface area (Å²) in [7, 11) is -3.59. The molecule has 0 saturated heterocycles. The van der Waals surface area contributed by atoms with Gasteiger partial charge in [0.2, 0.25) is 10.0 Å². The highest BCUT2D eigenvalue weighted by Gasteiger charge is 2.22. The molecular formula is C19H28IN5O3S. The molecule has 0 bridgehead atoms. The first-order valence-electron chi connectivity index (χ1n) is 9.05. The molecule has 1 aromatic heterocycles. The van der Waals surface area contributed by atoms with Gasteiger partial charge in [0.25, 0.3) is 0 Å². The van der Waals surface area contributed by atoms with Crippen molar-refractivity contribution in [1.82, 2.24) is 20.3 Å². The van der Waals surface area contributed by atoms with Crippen molar-refractivity contribution in [2.75, 3.05) is 26.2 Å². The van der Waals surface area contributed by atoms with Gasteiger partial charge in [-0.3, -0.25) is 4.98 Å². The molecule has 8 nitrogen and oxygen atoms in total. The summed E-state index contributed by atoms with van der Waals surface area (Å²) in [6.45, 7) is 4.94. The molecule has 0 aliphatic heterocycles. The van der Waals surface area contributed by atoms with E-state index < -0.39 is 15.6 Å². The number of halogens is 1. The van der Waals surface area contributed by atoms with Crippen molar-refractivity contribution in [2.45, 2.75) is 24.3 Å². The highest BCUT2D eigenvalue weighted by Crippen LogP contribution is 2.20. The zero-order chi connectivity index (χ0) is 20.5. The first-order chi connectivity index (χ1) is 13.3. The van der Waals surface area contributed by atoms with Gasteiger partial charge in [0.15, 0.2) is 5.96 Å². The summed E-state index contributed by atoms with van der Waals surface area (Å²) in [4.78, 5) is 8.35. The second-order valence-corrected chi connectivity index (χ2v) is 8.12. The number of sulfonamides is 1. The number of benzene rings is 1. The normalized spacial score (nSPS) is 13.8. The van der Waals surface area contributed by atoms with E-state index in [2.05, 4.69) is 25.3 Å². The monoisotopic (exact) mass is 533 g/mol. The van der Waals surface area contributed by atoms with Crippen LogP contribution in [0.15, 0.2) is 64.7 Å². The van der Waals surface area contributed by atoms with E-state index >= 15 is 0 Å². The summed E-state index contributed by atoms with van der Waals surface area (Å²) in [5, 5.41) is 16.8. The smallest absolute Gasteiger partial charge is 0.242 e. The molecule has 2 rings (SSSR count). The van der Waals surface area contributed by atoms with Gasteiger partial charge in [-0.05, 0) is 31.5 Å². The molecule has 0 aliphatic carbocycles. The Kier molecular flexibility index (Phi) is 10.5. The van der Waals surface area contributed by atoms with Crippen molar-refractivity contribution >= 4 is 40.0 Å². The van der Waals surface area contributed by atoms with Gasteiger partial charge in [-0.2, -0.15) is 0 Å². The molecule has 29 heavy (non-hydrogen) atoms. The van der Waals surface area contributed by atoms with Crippen LogP contribution in [0.4, 0.5) is 0 Å². The Hall–Kier alpha value is -1.76. The average Bonchev–Trinajstić information content (AvgIpc) is 2.70. The number of nitrogens with one attached hydrogen (secondary N) is 3. The molecule has 2 aromatic rings. The summed E-state index contributed by atoms with van der Waals surface area (Å²) in [6, 6.07) is 12.4. The Morgan fingerprint density at radius 3 is 2.48 bits per heavy atom. The molecule has 1 unspecified atom stereocenters. The molecule has 0 saturated carbocycles. The molecule has 0 amide bonds. The zero-order valence-electron chi connectivity index (χ0n) is 16.5. The van der Waals surface area contributed by atoms with Crippen LogP contribution >= 0.6 is 24.0 Å². The molecular weight excluding hydrogens is 505 g/mol. The summed E-state index contributed by atoms with van der Waals surface area (Å²) < 4.78 is 26.8. The first-order valence-corrected chi connectivity index (χ1v) is 10.5. The number of aromatic nitrogens is 1. The van der Waals surface area contributed by atoms with Gasteiger partial charge >= 0.3 is 0 Å². The lowest BCUT2D eigenvalue weighted by molar-refractivity contribution is 0.0672. The van der Waals surface area contributed by atoms with Crippen molar-refractivity contribution in [2.24, 2.45) is 4.99 Å². The summed E-state index contributed by atoms with van der Waals surface area (Å²) in [5.41, 5.74) is -0.329. The minimum Gasteiger partial charge on any atom is -0.384 e. The number of guanidine groups is 1. The third-order valence-corrected chi connectivity index (χ3v) is 5.39. The van der Waals surface area contributed by atoms with E-state index in [0.717, 1.165) is 5.56 Å². The molecule has 0 fully saturated rings. The van der Waals surface area contributed by atoms with Gasteiger partial charge in [0.1, 0.15) is 10.5 Å². The van der Waals surface area contributed by atoms with Gasteiger partial charge in [-0.1, -0.05) is 30.3 Å². The maximum Gasteiger partial charge on any atom is 0.242 e. The van der Waals surface area contributed by atoms with E-state index in [9.17, 15) is 13.5 Å². The van der Waals surface area contributed by atoms with Crippen LogP contribution in [-0.4, -0.2) is 50.6 Å². The molecule has 160 valence electrons. The SMILES string of the molecule is CCNC(=NCC(C)(O)c1ccccc1)NCCNS(=O)(=O)c1cccnc1.I. The number of pyridine rings is 1. The Morgan fingerprint density at radius 1 is 1.14 bits per heavy atom. The number of nitrogens with zero attached hydrogens (tertiary/aromatic N) is 2. The van der Waals surface area contributed by atoms with Crippen molar-refractivity contribution < 1.29 is 13.5 Å². The fourth-order valence-electron chi connectivity index (χ4n) is 2.42. The van der Waals surface area contributed by atoms with Gasteiger partial charge in [0.05, 0.1) is 6.54 Å². The Bertz CT molecular complexity index is 862. The number of aliphatic hydroxyl groups is 1. The lowest BCUT2D eigenvalue weighted by atomic mass is 9.96. The van der Waals surface area contributed by atoms with Gasteiger partial charge in [0, 0.05) is 32.0 Å². The number of rotatable bonds is 9. The lowest BCUT2D eigenvalue weighted by Crippen LogP contribution is -2.42. The molecule has 1 atom stereocenters. The van der Waals surface area contributed by atoms with Crippen LogP contribution in [0.5, 0.6) is 0 Å². The quantitative estimate of drug-likeness (QED) is 0.168. The Morgan fingerprint density at radius 2 is 1.86 bits per heavy atom. The van der Waals surface area contributed by atoms with E-state index in [1.54, 1.807) is 13.0 Å². The third kappa shape index (κ3) is 8.25. The van der Waals surface area contributed by atoms with Crippen LogP contribution in [0, 0.1) is 0 Å². The van der Waals surface area contributed by atoms with Crippen molar-refractivity contribution in [3.8, 4) is 0 Å². The molecule has 1 aromatic carbocycles. The predicted octanol–water partition coefficient (Wildman–Crippen LogP) is 1.44. The number of aliphatic imine (C=N–C) groups is 1. The van der Waals surface area contributed by atoms with Crippen LogP contribution in [0.25, 0.3) is 0 Å². The maximum absolute atomic E-state index is 12.2. The van der Waals surface area contributed by atoms with Crippen LogP contribution < -0.4 is 15.4 Å². The predicted molar refractivity (Wildman–Crippen MR) is 125 cm³/mol. The largest absolute Gasteiger partial charge is 0.384 e. The fourth-order valence-corrected chi connectivity index (χ4v) is 3.41. The zero-order valence-corrected chi connectivity index (χ0v) is 19.6. The third-order valence-electron chi connectivity index (χ3n) is 3.94. The van der Waals surface area contributed by atoms with Gasteiger partial charge in [-0.25, -0.2) is 18.1 Å². The first kappa shape index (κ1) is 25.3. The van der Waals surface area contributed by atoms with E-state index in [-0.39, 0.29) is 42.0 Å². The van der Waals surface area contributed by atoms with Crippen LogP contribution in [0.3, 0.4) is 0 Å². The second kappa shape index (κ2) is 12.1. The summed E-state index contributed by atoms with van der Waals surface area (Å²) >= 11 is 0. The Labute approximate surface area is 189 Å². The molecule has 0 spiro atoms. The van der Waals surface area contributed by atoms with E-state index in [4.69, 9.17) is 0 Å². The van der Waals surface area contributed by atoms with Crippen LogP contribution in [0.2, 0.25) is 0 Å². The number of hydrogen-bond donors (Lipinski definition) is 4. The molecule has 0 aliphatic rings. The highest BCUT2D eigenvalue weighted by molar-refractivity contribution is 14.0. The van der Waals surface area contributed by atoms with Crippen molar-refractivity contribution in [3.05, 3.63) is 60.4 Å². The average molecular weight is 533 g/mol. The maximum atomic E-state index is 12.2. The fraction of sp³-hybridized carbons (Fsp3) is 0.368. The number of hydrogen-bond acceptors (Lipinski definition) is 5. The van der Waals surface area contributed by atoms with Crippen LogP contribution in [0.1, 0.15) is 19.4 Å². The van der Waals surface area contributed by atoms with E-state index in [0.29, 0.717) is 19.0 Å². The van der Waals surface area contributed by atoms with Gasteiger partial charge < -0.3 is 15.7 Å². The molecule has 10 heteroatoms. The molecule has 0 radical (unpaired) electrons. The summed E-state index contributed by atoms with van der Waals surface area (Å²) in [5.74, 6) is 0.499. The minimum absolute atomic E-state index is 0. The second-order valence-electron chi connectivity index (χ2n) is 6.35.